The molecule has 0 N–H and O–H groups in total. The molecule has 1 heterocycles. The maximum Gasteiger partial charge on any atom is 0.336 e. The number of nitrogens with zero attached hydrogens (tertiary/aromatic N) is 1. The van der Waals surface area contributed by atoms with Crippen LogP contribution >= 0.6 is 12.2 Å². The summed E-state index contributed by atoms with van der Waals surface area (Å²) < 4.78 is 1.86. The highest BCUT2D eigenvalue weighted by atomic mass is 32.1. The fraction of sp³-hybridized carbons (Fsp3) is 0.172. The molecule has 2 atom stereocenters. The summed E-state index contributed by atoms with van der Waals surface area (Å²) in [5, 5.41) is 1.31. The van der Waals surface area contributed by atoms with Crippen LogP contribution in [-0.2, 0) is 11.2 Å². The maximum atomic E-state index is 13.9. The molecule has 0 radical (unpaired) electrons. The number of carbonyl (C=O) groups is 1. The second-order valence-corrected chi connectivity index (χ2v) is 14.1. The molecule has 5 heteroatoms. The second kappa shape index (κ2) is 10.8. The van der Waals surface area contributed by atoms with E-state index in [1.807, 2.05) is 42.5 Å². The summed E-state index contributed by atoms with van der Waals surface area (Å²) in [5.74, 6) is -0.648. The van der Waals surface area contributed by atoms with Crippen LogP contribution in [0.15, 0.2) is 115 Å². The summed E-state index contributed by atoms with van der Waals surface area (Å²) in [6, 6.07) is 36.6. The molecule has 4 rings (SSSR count). The first-order valence-electron chi connectivity index (χ1n) is 11.5. The SMILES string of the molecule is C[Si](C)(c1ccccc1)[C@@H](c1ccccc1)[C@H](Cc1ccccc1)C(=O)On1ccccc1=S. The molecular weight excluding hydrogens is 454 g/mol. The van der Waals surface area contributed by atoms with Crippen LogP contribution in [0.2, 0.25) is 13.1 Å². The third kappa shape index (κ3) is 5.43. The molecule has 0 saturated carbocycles. The van der Waals surface area contributed by atoms with Crippen molar-refractivity contribution in [2.75, 3.05) is 0 Å². The van der Waals surface area contributed by atoms with Crippen molar-refractivity contribution in [2.24, 2.45) is 5.92 Å². The van der Waals surface area contributed by atoms with Crippen molar-refractivity contribution in [1.82, 2.24) is 4.73 Å². The second-order valence-electron chi connectivity index (χ2n) is 9.05. The zero-order valence-corrected chi connectivity index (χ0v) is 21.3. The fourth-order valence-corrected chi connectivity index (χ4v) is 8.59. The van der Waals surface area contributed by atoms with Crippen LogP contribution in [0, 0.1) is 10.6 Å². The van der Waals surface area contributed by atoms with Crippen molar-refractivity contribution in [2.45, 2.75) is 25.1 Å². The Bertz CT molecular complexity index is 1270. The molecule has 0 aliphatic rings. The van der Waals surface area contributed by atoms with Crippen LogP contribution in [0.5, 0.6) is 0 Å². The van der Waals surface area contributed by atoms with Crippen LogP contribution in [0.1, 0.15) is 16.7 Å². The topological polar surface area (TPSA) is 31.2 Å². The molecule has 4 aromatic rings. The third-order valence-corrected chi connectivity index (χ3v) is 10.9. The van der Waals surface area contributed by atoms with Gasteiger partial charge in [-0.25, -0.2) is 4.79 Å². The number of hydrogen-bond donors (Lipinski definition) is 0. The molecule has 0 aliphatic carbocycles. The van der Waals surface area contributed by atoms with E-state index in [2.05, 4.69) is 73.8 Å². The molecule has 3 aromatic carbocycles. The number of aromatic nitrogens is 1. The molecular formula is C29H29NO2SSi. The van der Waals surface area contributed by atoms with Gasteiger partial charge in [0.2, 0.25) is 0 Å². The summed E-state index contributed by atoms with van der Waals surface area (Å²) in [5.41, 5.74) is 2.28. The van der Waals surface area contributed by atoms with Gasteiger partial charge in [-0.2, -0.15) is 4.73 Å². The first-order chi connectivity index (χ1) is 16.5. The monoisotopic (exact) mass is 483 g/mol. The minimum absolute atomic E-state index is 0.00156. The molecule has 0 unspecified atom stereocenters. The van der Waals surface area contributed by atoms with Gasteiger partial charge >= 0.3 is 5.97 Å². The molecule has 0 saturated heterocycles. The van der Waals surface area contributed by atoms with Gasteiger partial charge in [-0.05, 0) is 35.2 Å². The van der Waals surface area contributed by atoms with Gasteiger partial charge in [0.25, 0.3) is 0 Å². The lowest BCUT2D eigenvalue weighted by atomic mass is 9.92. The van der Waals surface area contributed by atoms with Crippen molar-refractivity contribution in [3.8, 4) is 0 Å². The summed E-state index contributed by atoms with van der Waals surface area (Å²) in [7, 11) is -2.20. The first kappa shape index (κ1) is 23.9. The van der Waals surface area contributed by atoms with Crippen LogP contribution in [0.25, 0.3) is 0 Å². The van der Waals surface area contributed by atoms with Gasteiger partial charge in [0.05, 0.1) is 14.0 Å². The zero-order chi connectivity index (χ0) is 24.0. The van der Waals surface area contributed by atoms with E-state index in [9.17, 15) is 4.79 Å². The molecule has 3 nitrogen and oxygen atoms in total. The summed E-state index contributed by atoms with van der Waals surface area (Å²) in [6.45, 7) is 4.69. The number of rotatable bonds is 8. The number of pyridine rings is 1. The van der Waals surface area contributed by atoms with Crippen molar-refractivity contribution in [3.63, 3.8) is 0 Å². The quantitative estimate of drug-likeness (QED) is 0.229. The average Bonchev–Trinajstić information content (AvgIpc) is 2.87. The first-order valence-corrected chi connectivity index (χ1v) is 15.0. The van der Waals surface area contributed by atoms with Crippen LogP contribution in [-0.4, -0.2) is 18.8 Å². The zero-order valence-electron chi connectivity index (χ0n) is 19.5. The molecule has 0 fully saturated rings. The lowest BCUT2D eigenvalue weighted by Crippen LogP contribution is -2.53. The van der Waals surface area contributed by atoms with E-state index < -0.39 is 8.07 Å². The molecule has 0 spiro atoms. The van der Waals surface area contributed by atoms with Gasteiger partial charge < -0.3 is 4.84 Å². The van der Waals surface area contributed by atoms with Crippen LogP contribution in [0.3, 0.4) is 0 Å². The van der Waals surface area contributed by atoms with Gasteiger partial charge in [-0.1, -0.05) is 128 Å². The Labute approximate surface area is 207 Å². The normalized spacial score (nSPS) is 13.1. The molecule has 0 amide bonds. The molecule has 0 bridgehead atoms. The number of hydrogen-bond acceptors (Lipinski definition) is 3. The van der Waals surface area contributed by atoms with Crippen molar-refractivity contribution in [1.29, 1.82) is 0 Å². The predicted octanol–water partition coefficient (Wildman–Crippen LogP) is 5.97. The van der Waals surface area contributed by atoms with E-state index in [0.29, 0.717) is 11.1 Å². The van der Waals surface area contributed by atoms with E-state index in [4.69, 9.17) is 17.1 Å². The Hall–Kier alpha value is -3.28. The van der Waals surface area contributed by atoms with Gasteiger partial charge in [-0.3, -0.25) is 0 Å². The molecule has 0 aliphatic heterocycles. The highest BCUT2D eigenvalue weighted by Gasteiger charge is 2.44. The van der Waals surface area contributed by atoms with Gasteiger partial charge in [0.1, 0.15) is 4.64 Å². The van der Waals surface area contributed by atoms with E-state index in [-0.39, 0.29) is 17.4 Å². The average molecular weight is 484 g/mol. The van der Waals surface area contributed by atoms with E-state index in [0.717, 1.165) is 11.1 Å². The number of carbonyl (C=O) groups excluding carboxylic acids is 1. The largest absolute Gasteiger partial charge is 0.336 e. The smallest absolute Gasteiger partial charge is 0.335 e. The molecule has 34 heavy (non-hydrogen) atoms. The predicted molar refractivity (Wildman–Crippen MR) is 143 cm³/mol. The van der Waals surface area contributed by atoms with Gasteiger partial charge in [-0.15, -0.1) is 0 Å². The Kier molecular flexibility index (Phi) is 7.55. The highest BCUT2D eigenvalue weighted by molar-refractivity contribution is 7.71. The van der Waals surface area contributed by atoms with E-state index >= 15 is 0 Å². The van der Waals surface area contributed by atoms with E-state index in [1.54, 1.807) is 12.3 Å². The Balaban J connectivity index is 1.83. The van der Waals surface area contributed by atoms with Crippen molar-refractivity contribution < 1.29 is 9.63 Å². The summed E-state index contributed by atoms with van der Waals surface area (Å²) in [6.07, 6.45) is 2.28. The summed E-state index contributed by atoms with van der Waals surface area (Å²) in [4.78, 5) is 19.8. The Morgan fingerprint density at radius 3 is 2.00 bits per heavy atom. The lowest BCUT2D eigenvalue weighted by molar-refractivity contribution is -0.149. The van der Waals surface area contributed by atoms with Crippen LogP contribution in [0.4, 0.5) is 0 Å². The van der Waals surface area contributed by atoms with Crippen molar-refractivity contribution >= 4 is 31.4 Å². The Morgan fingerprint density at radius 1 is 0.824 bits per heavy atom. The third-order valence-electron chi connectivity index (χ3n) is 6.43. The lowest BCUT2D eigenvalue weighted by Gasteiger charge is -2.38. The van der Waals surface area contributed by atoms with Gasteiger partial charge in [0, 0.05) is 6.20 Å². The van der Waals surface area contributed by atoms with Gasteiger partial charge in [0.15, 0.2) is 0 Å². The molecule has 172 valence electrons. The number of benzene rings is 3. The molecule has 1 aromatic heterocycles. The standard InChI is InChI=1S/C29H29NO2SSi/c1-34(2,25-18-10-5-11-19-25)28(24-16-8-4-9-17-24)26(22-23-14-6-3-7-15-23)29(31)32-30-21-13-12-20-27(30)33/h3-21,26,28H,22H2,1-2H3/t26-,28-/m0/s1. The van der Waals surface area contributed by atoms with Crippen LogP contribution < -0.4 is 10.0 Å². The Morgan fingerprint density at radius 2 is 1.38 bits per heavy atom. The van der Waals surface area contributed by atoms with E-state index in [1.165, 1.54) is 9.92 Å². The minimum atomic E-state index is -2.20. The summed E-state index contributed by atoms with van der Waals surface area (Å²) >= 11 is 5.39. The highest BCUT2D eigenvalue weighted by Crippen LogP contribution is 2.36. The maximum absolute atomic E-state index is 13.9. The fourth-order valence-electron chi connectivity index (χ4n) is 4.72. The minimum Gasteiger partial charge on any atom is -0.335 e. The van der Waals surface area contributed by atoms with Crippen molar-refractivity contribution in [3.05, 3.63) is 131 Å².